The van der Waals surface area contributed by atoms with Crippen LogP contribution in [0.4, 0.5) is 11.4 Å². The molecule has 0 aromatic heterocycles. The Morgan fingerprint density at radius 2 is 1.08 bits per heavy atom. The second-order valence-corrected chi connectivity index (χ2v) is 3.62. The maximum Gasteiger partial charge on any atom is 0.0785 e. The van der Waals surface area contributed by atoms with Gasteiger partial charge in [-0.25, -0.2) is 0 Å². The molecule has 0 saturated heterocycles. The summed E-state index contributed by atoms with van der Waals surface area (Å²) in [7, 11) is 0. The summed E-state index contributed by atoms with van der Waals surface area (Å²) >= 11 is 0. The summed E-state index contributed by atoms with van der Waals surface area (Å²) in [6, 6.07) is 0. The van der Waals surface area contributed by atoms with Crippen molar-refractivity contribution in [2.75, 3.05) is 10.9 Å². The number of hydrazine groups is 2. The zero-order valence-corrected chi connectivity index (χ0v) is 8.50. The van der Waals surface area contributed by atoms with Crippen LogP contribution in [0.25, 0.3) is 0 Å². The maximum atomic E-state index is 3.12. The summed E-state index contributed by atoms with van der Waals surface area (Å²) in [6.07, 6.45) is 0. The first-order valence-corrected chi connectivity index (χ1v) is 4.50. The zero-order valence-electron chi connectivity index (χ0n) is 8.50. The molecule has 0 spiro atoms. The van der Waals surface area contributed by atoms with Gasteiger partial charge in [0.1, 0.15) is 0 Å². The van der Waals surface area contributed by atoms with Crippen LogP contribution in [0.15, 0.2) is 0 Å². The van der Waals surface area contributed by atoms with Gasteiger partial charge in [0, 0.05) is 1.43 Å². The molecule has 0 amide bonds. The van der Waals surface area contributed by atoms with Gasteiger partial charge in [0.25, 0.3) is 0 Å². The lowest BCUT2D eigenvalue weighted by Gasteiger charge is -2.13. The van der Waals surface area contributed by atoms with Crippen LogP contribution in [-0.4, -0.2) is 0 Å². The fourth-order valence-electron chi connectivity index (χ4n) is 1.78. The molecule has 72 valence electrons. The summed E-state index contributed by atoms with van der Waals surface area (Å²) < 4.78 is 0. The van der Waals surface area contributed by atoms with Gasteiger partial charge in [-0.1, -0.05) is 0 Å². The van der Waals surface area contributed by atoms with Crippen molar-refractivity contribution in [3.05, 3.63) is 22.3 Å². The summed E-state index contributed by atoms with van der Waals surface area (Å²) in [5.41, 5.74) is 16.9. The van der Waals surface area contributed by atoms with Gasteiger partial charge in [0.2, 0.25) is 0 Å². The van der Waals surface area contributed by atoms with Crippen molar-refractivity contribution in [2.45, 2.75) is 27.7 Å². The lowest BCUT2D eigenvalue weighted by atomic mass is 9.96. The molecular weight excluding hydrogens is 162 g/mol. The van der Waals surface area contributed by atoms with Crippen molar-refractivity contribution in [3.8, 4) is 0 Å². The Morgan fingerprint density at radius 3 is 1.46 bits per heavy atom. The summed E-state index contributed by atoms with van der Waals surface area (Å²) in [5, 5.41) is 0. The Morgan fingerprint density at radius 1 is 0.692 bits per heavy atom. The van der Waals surface area contributed by atoms with Crippen molar-refractivity contribution >= 4 is 11.4 Å². The molecule has 1 aromatic rings. The first-order chi connectivity index (χ1) is 6.13. The molecule has 3 heteroatoms. The summed E-state index contributed by atoms with van der Waals surface area (Å²) in [5.74, 6) is 0. The van der Waals surface area contributed by atoms with E-state index in [4.69, 9.17) is 0 Å². The number of fused-ring (bicyclic) bond motifs is 1. The molecule has 1 aromatic carbocycles. The predicted octanol–water partition coefficient (Wildman–Crippen LogP) is 2.42. The molecule has 1 aliphatic rings. The minimum Gasteiger partial charge on any atom is -0.302 e. The highest BCUT2D eigenvalue weighted by molar-refractivity contribution is 5.80. The highest BCUT2D eigenvalue weighted by Gasteiger charge is 2.18. The van der Waals surface area contributed by atoms with E-state index in [1.54, 1.807) is 0 Å². The number of rotatable bonds is 0. The van der Waals surface area contributed by atoms with Crippen LogP contribution in [0.2, 0.25) is 0 Å². The molecule has 0 bridgehead atoms. The third kappa shape index (κ3) is 1.00. The highest BCUT2D eigenvalue weighted by Crippen LogP contribution is 2.36. The number of benzene rings is 1. The Labute approximate surface area is 80.0 Å². The van der Waals surface area contributed by atoms with E-state index in [0.29, 0.717) is 0 Å². The Bertz CT molecular complexity index is 339. The smallest absolute Gasteiger partial charge is 0.0785 e. The molecule has 0 unspecified atom stereocenters. The van der Waals surface area contributed by atoms with Gasteiger partial charge in [-0.2, -0.15) is 0 Å². The van der Waals surface area contributed by atoms with Crippen LogP contribution in [-0.2, 0) is 0 Å². The first kappa shape index (κ1) is 8.38. The van der Waals surface area contributed by atoms with Gasteiger partial charge in [0.05, 0.1) is 11.4 Å². The Hall–Kier alpha value is -1.22. The minimum atomic E-state index is 0. The third-order valence-electron chi connectivity index (χ3n) is 3.06. The summed E-state index contributed by atoms with van der Waals surface area (Å²) in [4.78, 5) is 0. The topological polar surface area (TPSA) is 36.1 Å². The Balaban J connectivity index is 0.000000980. The van der Waals surface area contributed by atoms with Crippen LogP contribution in [0.1, 0.15) is 23.7 Å². The van der Waals surface area contributed by atoms with Gasteiger partial charge in [0.15, 0.2) is 0 Å². The molecule has 0 radical (unpaired) electrons. The standard InChI is InChI=1S/C10H15N3.H2/c1-5-6(2)8(4)10-9(7(5)3)11-13-12-10;/h11-13H,1-4H3;1H. The van der Waals surface area contributed by atoms with E-state index in [0.717, 1.165) is 0 Å². The molecule has 0 saturated carbocycles. The third-order valence-corrected chi connectivity index (χ3v) is 3.06. The maximum absolute atomic E-state index is 3.12. The second-order valence-electron chi connectivity index (χ2n) is 3.62. The highest BCUT2D eigenvalue weighted by atomic mass is 15.6. The van der Waals surface area contributed by atoms with Crippen molar-refractivity contribution in [2.24, 2.45) is 0 Å². The quantitative estimate of drug-likeness (QED) is 0.572. The number of nitrogens with one attached hydrogen (secondary N) is 3. The molecule has 3 nitrogen and oxygen atoms in total. The van der Waals surface area contributed by atoms with E-state index < -0.39 is 0 Å². The van der Waals surface area contributed by atoms with E-state index in [-0.39, 0.29) is 1.43 Å². The molecule has 2 rings (SSSR count). The van der Waals surface area contributed by atoms with Gasteiger partial charge in [-0.15, -0.1) is 5.53 Å². The largest absolute Gasteiger partial charge is 0.302 e. The molecule has 0 aliphatic carbocycles. The Kier molecular flexibility index (Phi) is 1.70. The van der Waals surface area contributed by atoms with Crippen molar-refractivity contribution in [1.29, 1.82) is 0 Å². The average molecular weight is 179 g/mol. The molecule has 1 heterocycles. The zero-order chi connectivity index (χ0) is 9.59. The van der Waals surface area contributed by atoms with E-state index >= 15 is 0 Å². The second kappa shape index (κ2) is 2.64. The van der Waals surface area contributed by atoms with E-state index in [1.165, 1.54) is 33.6 Å². The van der Waals surface area contributed by atoms with Crippen LogP contribution >= 0.6 is 0 Å². The number of hydrogen-bond acceptors (Lipinski definition) is 3. The lowest BCUT2D eigenvalue weighted by Crippen LogP contribution is -2.19. The number of hydrogen-bond donors (Lipinski definition) is 3. The van der Waals surface area contributed by atoms with Crippen molar-refractivity contribution in [1.82, 2.24) is 5.53 Å². The SMILES string of the molecule is Cc1c(C)c(C)c2c(c1C)NNN2.[HH]. The van der Waals surface area contributed by atoms with Crippen molar-refractivity contribution in [3.63, 3.8) is 0 Å². The van der Waals surface area contributed by atoms with E-state index in [9.17, 15) is 0 Å². The molecule has 0 fully saturated rings. The van der Waals surface area contributed by atoms with Crippen LogP contribution < -0.4 is 16.4 Å². The average Bonchev–Trinajstić information content (AvgIpc) is 2.59. The molecule has 3 N–H and O–H groups in total. The van der Waals surface area contributed by atoms with Crippen LogP contribution in [0.3, 0.4) is 0 Å². The molecule has 0 atom stereocenters. The first-order valence-electron chi connectivity index (χ1n) is 4.50. The lowest BCUT2D eigenvalue weighted by molar-refractivity contribution is 1.00. The number of anilines is 2. The summed E-state index contributed by atoms with van der Waals surface area (Å²) in [6.45, 7) is 8.61. The fraction of sp³-hybridized carbons (Fsp3) is 0.400. The monoisotopic (exact) mass is 179 g/mol. The normalized spacial score (nSPS) is 13.5. The fourth-order valence-corrected chi connectivity index (χ4v) is 1.78. The van der Waals surface area contributed by atoms with Gasteiger partial charge >= 0.3 is 0 Å². The van der Waals surface area contributed by atoms with Gasteiger partial charge in [-0.05, 0) is 49.9 Å². The predicted molar refractivity (Wildman–Crippen MR) is 57.9 cm³/mol. The van der Waals surface area contributed by atoms with Crippen LogP contribution in [0.5, 0.6) is 0 Å². The molecule has 1 aliphatic heterocycles. The molecule has 13 heavy (non-hydrogen) atoms. The van der Waals surface area contributed by atoms with Crippen LogP contribution in [0, 0.1) is 27.7 Å². The van der Waals surface area contributed by atoms with Crippen molar-refractivity contribution < 1.29 is 1.43 Å². The van der Waals surface area contributed by atoms with Gasteiger partial charge < -0.3 is 10.9 Å². The van der Waals surface area contributed by atoms with E-state index in [2.05, 4.69) is 44.1 Å². The van der Waals surface area contributed by atoms with E-state index in [1.807, 2.05) is 0 Å². The minimum absolute atomic E-state index is 0. The van der Waals surface area contributed by atoms with Gasteiger partial charge in [-0.3, -0.25) is 0 Å². The molecular formula is C10H17N3.